The summed E-state index contributed by atoms with van der Waals surface area (Å²) in [5, 5.41) is 11.6. The molecule has 0 spiro atoms. The first-order valence-electron chi connectivity index (χ1n) is 5.84. The standard InChI is InChI=1S/C14H12ClFN2O3/c1-20-8-5-6-9(14(17)18-19)12(7-8)21-11-4-2-3-10(15)13(11)16/h2-7,19H,1H3,(H2,17,18). The molecule has 0 saturated heterocycles. The van der Waals surface area contributed by atoms with E-state index in [4.69, 9.17) is 32.0 Å². The van der Waals surface area contributed by atoms with Gasteiger partial charge in [-0.05, 0) is 24.3 Å². The highest BCUT2D eigenvalue weighted by Crippen LogP contribution is 2.32. The third kappa shape index (κ3) is 3.17. The third-order valence-electron chi connectivity index (χ3n) is 2.71. The highest BCUT2D eigenvalue weighted by Gasteiger charge is 2.14. The molecule has 3 N–H and O–H groups in total. The maximum absolute atomic E-state index is 13.9. The number of halogens is 2. The number of ether oxygens (including phenoxy) is 2. The molecular weight excluding hydrogens is 299 g/mol. The fraction of sp³-hybridized carbons (Fsp3) is 0.0714. The molecule has 2 aromatic rings. The van der Waals surface area contributed by atoms with E-state index in [2.05, 4.69) is 5.16 Å². The molecule has 0 saturated carbocycles. The van der Waals surface area contributed by atoms with Crippen molar-refractivity contribution in [2.24, 2.45) is 10.9 Å². The largest absolute Gasteiger partial charge is 0.497 e. The van der Waals surface area contributed by atoms with Gasteiger partial charge in [0.25, 0.3) is 0 Å². The molecule has 0 atom stereocenters. The van der Waals surface area contributed by atoms with E-state index >= 15 is 0 Å². The molecule has 110 valence electrons. The SMILES string of the molecule is COc1ccc(/C(N)=N/O)c(Oc2cccc(Cl)c2F)c1. The van der Waals surface area contributed by atoms with Crippen molar-refractivity contribution in [2.75, 3.05) is 7.11 Å². The number of rotatable bonds is 4. The van der Waals surface area contributed by atoms with E-state index in [1.165, 1.54) is 31.4 Å². The molecule has 2 rings (SSSR count). The molecule has 0 aliphatic heterocycles. The summed E-state index contributed by atoms with van der Waals surface area (Å²) < 4.78 is 24.4. The lowest BCUT2D eigenvalue weighted by Crippen LogP contribution is -2.14. The number of nitrogens with zero attached hydrogens (tertiary/aromatic N) is 1. The summed E-state index contributed by atoms with van der Waals surface area (Å²) in [5.74, 6) is -0.307. The molecular formula is C14H12ClFN2O3. The highest BCUT2D eigenvalue weighted by atomic mass is 35.5. The molecule has 2 aromatic carbocycles. The average molecular weight is 311 g/mol. The lowest BCUT2D eigenvalue weighted by molar-refractivity contribution is 0.318. The zero-order chi connectivity index (χ0) is 15.4. The molecule has 0 heterocycles. The molecule has 0 radical (unpaired) electrons. The van der Waals surface area contributed by atoms with Crippen LogP contribution in [0.3, 0.4) is 0 Å². The summed E-state index contributed by atoms with van der Waals surface area (Å²) in [6.45, 7) is 0. The number of amidine groups is 1. The van der Waals surface area contributed by atoms with Crippen molar-refractivity contribution in [2.45, 2.75) is 0 Å². The van der Waals surface area contributed by atoms with Crippen LogP contribution in [-0.4, -0.2) is 18.2 Å². The van der Waals surface area contributed by atoms with Gasteiger partial charge >= 0.3 is 0 Å². The number of benzene rings is 2. The Balaban J connectivity index is 2.48. The first kappa shape index (κ1) is 14.9. The van der Waals surface area contributed by atoms with Gasteiger partial charge in [-0.1, -0.05) is 22.8 Å². The van der Waals surface area contributed by atoms with E-state index in [1.54, 1.807) is 12.1 Å². The Bertz CT molecular complexity index is 692. The van der Waals surface area contributed by atoms with E-state index in [9.17, 15) is 4.39 Å². The molecule has 0 fully saturated rings. The van der Waals surface area contributed by atoms with Gasteiger partial charge in [0.15, 0.2) is 17.4 Å². The molecule has 5 nitrogen and oxygen atoms in total. The van der Waals surface area contributed by atoms with Gasteiger partial charge in [-0.25, -0.2) is 4.39 Å². The zero-order valence-corrected chi connectivity index (χ0v) is 11.8. The van der Waals surface area contributed by atoms with Crippen molar-refractivity contribution in [3.63, 3.8) is 0 Å². The number of oxime groups is 1. The second kappa shape index (κ2) is 6.32. The Morgan fingerprint density at radius 1 is 1.29 bits per heavy atom. The first-order valence-corrected chi connectivity index (χ1v) is 6.22. The molecule has 21 heavy (non-hydrogen) atoms. The van der Waals surface area contributed by atoms with Crippen molar-refractivity contribution >= 4 is 17.4 Å². The fourth-order valence-corrected chi connectivity index (χ4v) is 1.83. The molecule has 0 bridgehead atoms. The van der Waals surface area contributed by atoms with Gasteiger partial charge in [0, 0.05) is 6.07 Å². The summed E-state index contributed by atoms with van der Waals surface area (Å²) in [4.78, 5) is 0. The van der Waals surface area contributed by atoms with Gasteiger partial charge in [-0.15, -0.1) is 0 Å². The van der Waals surface area contributed by atoms with Crippen molar-refractivity contribution in [1.82, 2.24) is 0 Å². The Labute approximate surface area is 125 Å². The van der Waals surface area contributed by atoms with E-state index in [1.807, 2.05) is 0 Å². The summed E-state index contributed by atoms with van der Waals surface area (Å²) in [5.41, 5.74) is 5.86. The van der Waals surface area contributed by atoms with Crippen LogP contribution in [-0.2, 0) is 0 Å². The van der Waals surface area contributed by atoms with Gasteiger partial charge in [-0.3, -0.25) is 0 Å². The molecule has 0 aliphatic carbocycles. The summed E-state index contributed by atoms with van der Waals surface area (Å²) in [6, 6.07) is 8.99. The molecule has 7 heteroatoms. The summed E-state index contributed by atoms with van der Waals surface area (Å²) >= 11 is 5.70. The van der Waals surface area contributed by atoms with Crippen LogP contribution in [0.2, 0.25) is 5.02 Å². The molecule has 0 amide bonds. The van der Waals surface area contributed by atoms with Crippen LogP contribution in [0.5, 0.6) is 17.2 Å². The van der Waals surface area contributed by atoms with Crippen molar-refractivity contribution in [1.29, 1.82) is 0 Å². The van der Waals surface area contributed by atoms with Gasteiger partial charge in [0.2, 0.25) is 0 Å². The van der Waals surface area contributed by atoms with Crippen molar-refractivity contribution in [3.8, 4) is 17.2 Å². The van der Waals surface area contributed by atoms with Crippen LogP contribution >= 0.6 is 11.6 Å². The predicted molar refractivity (Wildman–Crippen MR) is 77.0 cm³/mol. The van der Waals surface area contributed by atoms with Gasteiger partial charge in [-0.2, -0.15) is 0 Å². The minimum absolute atomic E-state index is 0.0688. The van der Waals surface area contributed by atoms with Gasteiger partial charge in [0.05, 0.1) is 17.7 Å². The number of hydrogen-bond donors (Lipinski definition) is 2. The smallest absolute Gasteiger partial charge is 0.184 e. The van der Waals surface area contributed by atoms with Gasteiger partial charge < -0.3 is 20.4 Å². The van der Waals surface area contributed by atoms with E-state index in [0.717, 1.165) is 0 Å². The zero-order valence-electron chi connectivity index (χ0n) is 11.0. The monoisotopic (exact) mass is 310 g/mol. The predicted octanol–water partition coefficient (Wildman–Crippen LogP) is 3.37. The van der Waals surface area contributed by atoms with Crippen LogP contribution in [0.1, 0.15) is 5.56 Å². The Morgan fingerprint density at radius 3 is 2.71 bits per heavy atom. The topological polar surface area (TPSA) is 77.1 Å². The van der Waals surface area contributed by atoms with Gasteiger partial charge in [0.1, 0.15) is 11.5 Å². The third-order valence-corrected chi connectivity index (χ3v) is 3.00. The maximum Gasteiger partial charge on any atom is 0.184 e. The number of nitrogens with two attached hydrogens (primary N) is 1. The lowest BCUT2D eigenvalue weighted by Gasteiger charge is -2.12. The van der Waals surface area contributed by atoms with Crippen molar-refractivity contribution < 1.29 is 19.1 Å². The fourth-order valence-electron chi connectivity index (χ4n) is 1.66. The van der Waals surface area contributed by atoms with Crippen LogP contribution in [0.15, 0.2) is 41.6 Å². The Hall–Kier alpha value is -2.47. The van der Waals surface area contributed by atoms with E-state index in [0.29, 0.717) is 5.75 Å². The van der Waals surface area contributed by atoms with Crippen molar-refractivity contribution in [3.05, 3.63) is 52.8 Å². The normalized spacial score (nSPS) is 11.3. The molecule has 0 unspecified atom stereocenters. The van der Waals surface area contributed by atoms with Crippen LogP contribution in [0.4, 0.5) is 4.39 Å². The second-order valence-electron chi connectivity index (χ2n) is 4.00. The van der Waals surface area contributed by atoms with Crippen LogP contribution in [0, 0.1) is 5.82 Å². The summed E-state index contributed by atoms with van der Waals surface area (Å²) in [6.07, 6.45) is 0. The van der Waals surface area contributed by atoms with Crippen LogP contribution < -0.4 is 15.2 Å². The highest BCUT2D eigenvalue weighted by molar-refractivity contribution is 6.30. The first-order chi connectivity index (χ1) is 10.1. The number of methoxy groups -OCH3 is 1. The maximum atomic E-state index is 13.9. The quantitative estimate of drug-likeness (QED) is 0.393. The minimum atomic E-state index is -0.701. The Kier molecular flexibility index (Phi) is 4.49. The van der Waals surface area contributed by atoms with E-state index in [-0.39, 0.29) is 27.9 Å². The average Bonchev–Trinajstić information content (AvgIpc) is 2.51. The minimum Gasteiger partial charge on any atom is -0.497 e. The summed E-state index contributed by atoms with van der Waals surface area (Å²) in [7, 11) is 1.47. The Morgan fingerprint density at radius 2 is 2.05 bits per heavy atom. The number of hydrogen-bond acceptors (Lipinski definition) is 4. The van der Waals surface area contributed by atoms with E-state index < -0.39 is 5.82 Å². The molecule has 0 aromatic heterocycles. The lowest BCUT2D eigenvalue weighted by atomic mass is 10.1. The van der Waals surface area contributed by atoms with Crippen LogP contribution in [0.25, 0.3) is 0 Å². The second-order valence-corrected chi connectivity index (χ2v) is 4.41. The molecule has 0 aliphatic rings.